The molecule has 1 saturated heterocycles. The number of rotatable bonds is 4. The minimum Gasteiger partial charge on any atom is -0.345 e. The average Bonchev–Trinajstić information content (AvgIpc) is 3.04. The van der Waals surface area contributed by atoms with Gasteiger partial charge in [-0.05, 0) is 18.9 Å². The van der Waals surface area contributed by atoms with E-state index in [1.54, 1.807) is 4.90 Å². The molecule has 2 aromatic heterocycles. The first kappa shape index (κ1) is 16.0. The van der Waals surface area contributed by atoms with Gasteiger partial charge in [-0.1, -0.05) is 30.3 Å². The SMILES string of the molecule is Cc1nc(N2CC[NH+](C)CC2)c2cnn(CCc3ccccc3)c2n1. The highest BCUT2D eigenvalue weighted by Crippen LogP contribution is 2.24. The summed E-state index contributed by atoms with van der Waals surface area (Å²) in [7, 11) is 2.25. The molecule has 0 amide bonds. The van der Waals surface area contributed by atoms with Crippen LogP contribution in [0.4, 0.5) is 5.82 Å². The maximum Gasteiger partial charge on any atom is 0.163 e. The average molecular weight is 337 g/mol. The van der Waals surface area contributed by atoms with E-state index in [2.05, 4.69) is 46.3 Å². The zero-order valence-corrected chi connectivity index (χ0v) is 14.9. The number of nitrogens with zero attached hydrogens (tertiary/aromatic N) is 5. The lowest BCUT2D eigenvalue weighted by atomic mass is 10.1. The molecule has 4 rings (SSSR count). The summed E-state index contributed by atoms with van der Waals surface area (Å²) in [5, 5.41) is 5.67. The molecule has 1 aromatic carbocycles. The molecular weight excluding hydrogens is 312 g/mol. The molecule has 6 heteroatoms. The third kappa shape index (κ3) is 3.35. The largest absolute Gasteiger partial charge is 0.345 e. The van der Waals surface area contributed by atoms with Gasteiger partial charge in [-0.2, -0.15) is 5.10 Å². The Hall–Kier alpha value is -2.47. The predicted octanol–water partition coefficient (Wildman–Crippen LogP) is 0.712. The minimum atomic E-state index is 0.815. The van der Waals surface area contributed by atoms with Gasteiger partial charge in [-0.3, -0.25) is 0 Å². The summed E-state index contributed by atoms with van der Waals surface area (Å²) in [4.78, 5) is 13.4. The summed E-state index contributed by atoms with van der Waals surface area (Å²) in [6, 6.07) is 10.5. The fourth-order valence-electron chi connectivity index (χ4n) is 3.43. The van der Waals surface area contributed by atoms with Gasteiger partial charge >= 0.3 is 0 Å². The smallest absolute Gasteiger partial charge is 0.163 e. The third-order valence-corrected chi connectivity index (χ3v) is 4.96. The van der Waals surface area contributed by atoms with E-state index < -0.39 is 0 Å². The number of benzene rings is 1. The summed E-state index contributed by atoms with van der Waals surface area (Å²) >= 11 is 0. The molecule has 1 aliphatic rings. The Morgan fingerprint density at radius 3 is 2.60 bits per heavy atom. The van der Waals surface area contributed by atoms with Crippen LogP contribution >= 0.6 is 0 Å². The standard InChI is InChI=1S/C19H24N6/c1-15-21-18(24-12-10-23(2)11-13-24)17-14-20-25(19(17)22-15)9-8-16-6-4-3-5-7-16/h3-7,14H,8-13H2,1-2H3/p+1. The van der Waals surface area contributed by atoms with Crippen molar-refractivity contribution in [2.75, 3.05) is 38.1 Å². The van der Waals surface area contributed by atoms with E-state index in [4.69, 9.17) is 4.98 Å². The Balaban J connectivity index is 1.62. The highest BCUT2D eigenvalue weighted by Gasteiger charge is 2.22. The zero-order valence-electron chi connectivity index (χ0n) is 14.9. The van der Waals surface area contributed by atoms with Gasteiger partial charge in [0.2, 0.25) is 0 Å². The van der Waals surface area contributed by atoms with Crippen molar-refractivity contribution < 1.29 is 4.90 Å². The molecule has 0 bridgehead atoms. The van der Waals surface area contributed by atoms with Crippen LogP contribution in [0.1, 0.15) is 11.4 Å². The minimum absolute atomic E-state index is 0.815. The topological polar surface area (TPSA) is 51.3 Å². The van der Waals surface area contributed by atoms with Crippen molar-refractivity contribution in [1.82, 2.24) is 19.7 Å². The van der Waals surface area contributed by atoms with Crippen molar-refractivity contribution in [3.05, 3.63) is 47.9 Å². The fraction of sp³-hybridized carbons (Fsp3) is 0.421. The molecule has 3 aromatic rings. The van der Waals surface area contributed by atoms with Crippen LogP contribution in [0.15, 0.2) is 36.5 Å². The molecule has 0 atom stereocenters. The van der Waals surface area contributed by atoms with Crippen molar-refractivity contribution in [3.8, 4) is 0 Å². The summed E-state index contributed by atoms with van der Waals surface area (Å²) in [6.45, 7) is 7.16. The van der Waals surface area contributed by atoms with E-state index in [0.29, 0.717) is 0 Å². The van der Waals surface area contributed by atoms with Crippen LogP contribution in [0, 0.1) is 6.92 Å². The van der Waals surface area contributed by atoms with Gasteiger partial charge in [0.25, 0.3) is 0 Å². The number of hydrogen-bond acceptors (Lipinski definition) is 4. The highest BCUT2D eigenvalue weighted by molar-refractivity contribution is 5.87. The molecule has 0 saturated carbocycles. The third-order valence-electron chi connectivity index (χ3n) is 4.96. The second-order valence-corrected chi connectivity index (χ2v) is 6.88. The van der Waals surface area contributed by atoms with Crippen molar-refractivity contribution in [2.45, 2.75) is 19.9 Å². The monoisotopic (exact) mass is 337 g/mol. The van der Waals surface area contributed by atoms with Gasteiger partial charge in [0.15, 0.2) is 5.65 Å². The van der Waals surface area contributed by atoms with Crippen molar-refractivity contribution in [1.29, 1.82) is 0 Å². The molecule has 3 heterocycles. The molecule has 1 N–H and O–H groups in total. The molecule has 0 unspecified atom stereocenters. The molecular formula is C19H25N6+. The summed E-state index contributed by atoms with van der Waals surface area (Å²) < 4.78 is 2.02. The molecule has 0 aliphatic carbocycles. The highest BCUT2D eigenvalue weighted by atomic mass is 15.3. The Morgan fingerprint density at radius 2 is 1.84 bits per heavy atom. The normalized spacial score (nSPS) is 15.8. The van der Waals surface area contributed by atoms with Crippen LogP contribution in [0.2, 0.25) is 0 Å². The summed E-state index contributed by atoms with van der Waals surface area (Å²) in [5.74, 6) is 1.86. The van der Waals surface area contributed by atoms with E-state index >= 15 is 0 Å². The molecule has 6 nitrogen and oxygen atoms in total. The number of likely N-dealkylation sites (N-methyl/N-ethyl adjacent to an activating group) is 1. The molecule has 0 radical (unpaired) electrons. The second kappa shape index (κ2) is 6.80. The Morgan fingerprint density at radius 1 is 1.08 bits per heavy atom. The van der Waals surface area contributed by atoms with Gasteiger partial charge in [-0.25, -0.2) is 14.6 Å². The predicted molar refractivity (Wildman–Crippen MR) is 99.0 cm³/mol. The lowest BCUT2D eigenvalue weighted by Crippen LogP contribution is -3.12. The van der Waals surface area contributed by atoms with E-state index in [0.717, 1.165) is 61.8 Å². The maximum absolute atomic E-state index is 4.73. The van der Waals surface area contributed by atoms with Gasteiger partial charge in [-0.15, -0.1) is 0 Å². The van der Waals surface area contributed by atoms with Gasteiger partial charge in [0.05, 0.1) is 44.8 Å². The van der Waals surface area contributed by atoms with Crippen molar-refractivity contribution in [3.63, 3.8) is 0 Å². The first-order valence-electron chi connectivity index (χ1n) is 9.01. The van der Waals surface area contributed by atoms with Crippen LogP contribution in [-0.2, 0) is 13.0 Å². The number of aromatic nitrogens is 4. The summed E-state index contributed by atoms with van der Waals surface area (Å²) in [6.07, 6.45) is 2.88. The number of anilines is 1. The number of fused-ring (bicyclic) bond motifs is 1. The zero-order chi connectivity index (χ0) is 17.2. The van der Waals surface area contributed by atoms with Crippen LogP contribution < -0.4 is 9.80 Å². The molecule has 130 valence electrons. The maximum atomic E-state index is 4.73. The number of nitrogens with one attached hydrogen (secondary N) is 1. The van der Waals surface area contributed by atoms with Crippen molar-refractivity contribution >= 4 is 16.9 Å². The summed E-state index contributed by atoms with van der Waals surface area (Å²) in [5.41, 5.74) is 2.27. The van der Waals surface area contributed by atoms with Gasteiger partial charge in [0.1, 0.15) is 11.6 Å². The van der Waals surface area contributed by atoms with E-state index in [1.165, 1.54) is 5.56 Å². The second-order valence-electron chi connectivity index (χ2n) is 6.88. The number of hydrogen-bond donors (Lipinski definition) is 1. The van der Waals surface area contributed by atoms with Crippen molar-refractivity contribution in [2.24, 2.45) is 0 Å². The van der Waals surface area contributed by atoms with E-state index in [-0.39, 0.29) is 0 Å². The van der Waals surface area contributed by atoms with Crippen LogP contribution in [-0.4, -0.2) is 53.0 Å². The molecule has 0 spiro atoms. The quantitative estimate of drug-likeness (QED) is 0.762. The Kier molecular flexibility index (Phi) is 4.36. The van der Waals surface area contributed by atoms with Gasteiger partial charge in [0, 0.05) is 6.54 Å². The fourth-order valence-corrected chi connectivity index (χ4v) is 3.43. The first-order valence-corrected chi connectivity index (χ1v) is 9.01. The first-order chi connectivity index (χ1) is 12.2. The lowest BCUT2D eigenvalue weighted by Gasteiger charge is -2.31. The molecule has 25 heavy (non-hydrogen) atoms. The van der Waals surface area contributed by atoms with Crippen LogP contribution in [0.5, 0.6) is 0 Å². The van der Waals surface area contributed by atoms with Gasteiger partial charge < -0.3 is 9.80 Å². The lowest BCUT2D eigenvalue weighted by molar-refractivity contribution is -0.880. The Bertz CT molecular complexity index is 849. The van der Waals surface area contributed by atoms with E-state index in [9.17, 15) is 0 Å². The van der Waals surface area contributed by atoms with Crippen LogP contribution in [0.3, 0.4) is 0 Å². The molecule has 1 fully saturated rings. The van der Waals surface area contributed by atoms with Crippen LogP contribution in [0.25, 0.3) is 11.0 Å². The van der Waals surface area contributed by atoms with E-state index in [1.807, 2.05) is 23.9 Å². The number of quaternary nitrogens is 1. The molecule has 1 aliphatic heterocycles. The number of aryl methyl sites for hydroxylation is 3. The Labute approximate surface area is 148 Å². The number of piperazine rings is 1.